The van der Waals surface area contributed by atoms with Crippen molar-refractivity contribution in [3.8, 4) is 0 Å². The zero-order chi connectivity index (χ0) is 20.1. The van der Waals surface area contributed by atoms with Crippen LogP contribution in [-0.4, -0.2) is 37.5 Å². The predicted molar refractivity (Wildman–Crippen MR) is 105 cm³/mol. The molecule has 146 valence electrons. The Bertz CT molecular complexity index is 980. The fourth-order valence-electron chi connectivity index (χ4n) is 2.93. The molecule has 1 heterocycles. The second kappa shape index (κ2) is 8.91. The van der Waals surface area contributed by atoms with E-state index < -0.39 is 11.9 Å². The Labute approximate surface area is 167 Å². The van der Waals surface area contributed by atoms with Gasteiger partial charge in [-0.15, -0.1) is 0 Å². The summed E-state index contributed by atoms with van der Waals surface area (Å²) in [4.78, 5) is 26.5. The summed E-state index contributed by atoms with van der Waals surface area (Å²) in [7, 11) is 2.83. The van der Waals surface area contributed by atoms with E-state index in [0.29, 0.717) is 16.2 Å². The molecular formula is C21H20ClNO5. The predicted octanol–water partition coefficient (Wildman–Crippen LogP) is 4.05. The van der Waals surface area contributed by atoms with Crippen molar-refractivity contribution < 1.29 is 23.5 Å². The van der Waals surface area contributed by atoms with E-state index in [0.717, 1.165) is 10.9 Å². The van der Waals surface area contributed by atoms with Crippen LogP contribution in [0, 0.1) is 0 Å². The van der Waals surface area contributed by atoms with Gasteiger partial charge in [-0.2, -0.15) is 0 Å². The van der Waals surface area contributed by atoms with E-state index in [1.54, 1.807) is 37.4 Å². The van der Waals surface area contributed by atoms with Crippen molar-refractivity contribution >= 4 is 34.4 Å². The number of amides is 1. The number of furan rings is 1. The third kappa shape index (κ3) is 4.35. The summed E-state index contributed by atoms with van der Waals surface area (Å²) in [5, 5.41) is 1.39. The van der Waals surface area contributed by atoms with Gasteiger partial charge in [0.15, 0.2) is 5.76 Å². The van der Waals surface area contributed by atoms with Crippen LogP contribution in [0.3, 0.4) is 0 Å². The number of rotatable bonds is 7. The highest BCUT2D eigenvalue weighted by Gasteiger charge is 2.27. The third-order valence-electron chi connectivity index (χ3n) is 4.30. The fourth-order valence-corrected chi connectivity index (χ4v) is 3.06. The van der Waals surface area contributed by atoms with Gasteiger partial charge in [0, 0.05) is 29.6 Å². The van der Waals surface area contributed by atoms with Crippen LogP contribution >= 0.6 is 11.6 Å². The molecule has 0 saturated carbocycles. The lowest BCUT2D eigenvalue weighted by molar-refractivity contribution is -0.141. The van der Waals surface area contributed by atoms with E-state index in [4.69, 9.17) is 25.5 Å². The number of fused-ring (bicyclic) bond motifs is 1. The molecule has 0 N–H and O–H groups in total. The molecule has 0 aliphatic heterocycles. The van der Waals surface area contributed by atoms with Gasteiger partial charge in [0.2, 0.25) is 0 Å². The van der Waals surface area contributed by atoms with Crippen LogP contribution in [0.4, 0.5) is 0 Å². The Morgan fingerprint density at radius 2 is 1.79 bits per heavy atom. The zero-order valence-electron chi connectivity index (χ0n) is 15.6. The number of benzene rings is 2. The second-order valence-corrected chi connectivity index (χ2v) is 6.64. The fraction of sp³-hybridized carbons (Fsp3) is 0.238. The lowest BCUT2D eigenvalue weighted by Crippen LogP contribution is -2.36. The number of carbonyl (C=O) groups excluding carboxylic acids is 2. The van der Waals surface area contributed by atoms with Gasteiger partial charge < -0.3 is 18.8 Å². The van der Waals surface area contributed by atoms with Crippen LogP contribution in [-0.2, 0) is 27.4 Å². The van der Waals surface area contributed by atoms with Crippen LogP contribution in [0.1, 0.15) is 21.7 Å². The number of hydrogen-bond donors (Lipinski definition) is 0. The molecule has 1 aromatic heterocycles. The number of halogens is 1. The molecule has 28 heavy (non-hydrogen) atoms. The number of para-hydroxylation sites is 1. The van der Waals surface area contributed by atoms with E-state index in [2.05, 4.69) is 0 Å². The highest BCUT2D eigenvalue weighted by molar-refractivity contribution is 6.30. The van der Waals surface area contributed by atoms with Crippen LogP contribution in [0.5, 0.6) is 0 Å². The standard InChI is InChI=1S/C21H20ClNO5/c1-26-13-17-16-5-3-4-6-18(16)28-20(17)21(25)23(12-19(24)27-2)11-14-7-9-15(22)10-8-14/h3-10H,11-13H2,1-2H3. The van der Waals surface area contributed by atoms with Gasteiger partial charge in [-0.3, -0.25) is 9.59 Å². The quantitative estimate of drug-likeness (QED) is 0.559. The minimum absolute atomic E-state index is 0.154. The largest absolute Gasteiger partial charge is 0.468 e. The normalized spacial score (nSPS) is 10.8. The van der Waals surface area contributed by atoms with Gasteiger partial charge in [0.05, 0.1) is 13.7 Å². The molecule has 0 spiro atoms. The average molecular weight is 402 g/mol. The number of esters is 1. The molecular weight excluding hydrogens is 382 g/mol. The maximum absolute atomic E-state index is 13.3. The first kappa shape index (κ1) is 19.9. The van der Waals surface area contributed by atoms with Crippen molar-refractivity contribution in [3.63, 3.8) is 0 Å². The maximum Gasteiger partial charge on any atom is 0.325 e. The first-order valence-electron chi connectivity index (χ1n) is 8.63. The van der Waals surface area contributed by atoms with Crippen LogP contribution in [0.15, 0.2) is 52.9 Å². The van der Waals surface area contributed by atoms with Gasteiger partial charge in [-0.25, -0.2) is 0 Å². The highest BCUT2D eigenvalue weighted by Crippen LogP contribution is 2.28. The molecule has 0 atom stereocenters. The van der Waals surface area contributed by atoms with Crippen molar-refractivity contribution in [2.45, 2.75) is 13.2 Å². The van der Waals surface area contributed by atoms with Crippen molar-refractivity contribution in [1.82, 2.24) is 4.90 Å². The SMILES string of the molecule is COCc1c(C(=O)N(CC(=O)OC)Cc2ccc(Cl)cc2)oc2ccccc12. The van der Waals surface area contributed by atoms with Gasteiger partial charge in [-0.05, 0) is 23.8 Å². The third-order valence-corrected chi connectivity index (χ3v) is 4.55. The summed E-state index contributed by atoms with van der Waals surface area (Å²) in [6.07, 6.45) is 0. The number of nitrogens with zero attached hydrogens (tertiary/aromatic N) is 1. The lowest BCUT2D eigenvalue weighted by Gasteiger charge is -2.21. The Morgan fingerprint density at radius 1 is 1.07 bits per heavy atom. The summed E-state index contributed by atoms with van der Waals surface area (Å²) in [5.41, 5.74) is 2.06. The van der Waals surface area contributed by atoms with Crippen molar-refractivity contribution in [2.24, 2.45) is 0 Å². The summed E-state index contributed by atoms with van der Waals surface area (Å²) >= 11 is 5.93. The molecule has 2 aromatic carbocycles. The van der Waals surface area contributed by atoms with Crippen LogP contribution in [0.25, 0.3) is 11.0 Å². The first-order valence-corrected chi connectivity index (χ1v) is 9.01. The van der Waals surface area contributed by atoms with E-state index >= 15 is 0 Å². The highest BCUT2D eigenvalue weighted by atomic mass is 35.5. The van der Waals surface area contributed by atoms with E-state index in [1.165, 1.54) is 12.0 Å². The molecule has 0 fully saturated rings. The minimum atomic E-state index is -0.522. The monoisotopic (exact) mass is 401 g/mol. The molecule has 0 radical (unpaired) electrons. The van der Waals surface area contributed by atoms with Gasteiger partial charge >= 0.3 is 5.97 Å². The number of ether oxygens (including phenoxy) is 2. The summed E-state index contributed by atoms with van der Waals surface area (Å²) in [6.45, 7) is 0.209. The Kier molecular flexibility index (Phi) is 6.34. The molecule has 0 unspecified atom stereocenters. The summed E-state index contributed by atoms with van der Waals surface area (Å²) < 4.78 is 15.8. The van der Waals surface area contributed by atoms with E-state index in [-0.39, 0.29) is 25.5 Å². The lowest BCUT2D eigenvalue weighted by atomic mass is 10.1. The smallest absolute Gasteiger partial charge is 0.325 e. The molecule has 0 aliphatic rings. The average Bonchev–Trinajstić information content (AvgIpc) is 3.07. The summed E-state index contributed by atoms with van der Waals surface area (Å²) in [5.74, 6) is -0.781. The molecule has 3 aromatic rings. The Balaban J connectivity index is 1.98. The topological polar surface area (TPSA) is 69.0 Å². The van der Waals surface area contributed by atoms with E-state index in [9.17, 15) is 9.59 Å². The number of methoxy groups -OCH3 is 2. The second-order valence-electron chi connectivity index (χ2n) is 6.20. The van der Waals surface area contributed by atoms with Gasteiger partial charge in [0.25, 0.3) is 5.91 Å². The van der Waals surface area contributed by atoms with Gasteiger partial charge in [0.1, 0.15) is 12.1 Å². The molecule has 6 nitrogen and oxygen atoms in total. The van der Waals surface area contributed by atoms with Crippen molar-refractivity contribution in [2.75, 3.05) is 20.8 Å². The molecule has 0 bridgehead atoms. The molecule has 3 rings (SSSR count). The maximum atomic E-state index is 13.3. The summed E-state index contributed by atoms with van der Waals surface area (Å²) in [6, 6.07) is 14.4. The van der Waals surface area contributed by atoms with Crippen molar-refractivity contribution in [3.05, 3.63) is 70.4 Å². The Hall–Kier alpha value is -2.83. The minimum Gasteiger partial charge on any atom is -0.468 e. The van der Waals surface area contributed by atoms with Crippen LogP contribution < -0.4 is 0 Å². The molecule has 0 aliphatic carbocycles. The zero-order valence-corrected chi connectivity index (χ0v) is 16.4. The van der Waals surface area contributed by atoms with Crippen molar-refractivity contribution in [1.29, 1.82) is 0 Å². The molecule has 1 amide bonds. The first-order chi connectivity index (χ1) is 13.5. The Morgan fingerprint density at radius 3 is 2.46 bits per heavy atom. The van der Waals surface area contributed by atoms with E-state index in [1.807, 2.05) is 18.2 Å². The number of hydrogen-bond acceptors (Lipinski definition) is 5. The molecule has 0 saturated heterocycles. The number of carbonyl (C=O) groups is 2. The molecule has 7 heteroatoms. The van der Waals surface area contributed by atoms with Crippen LogP contribution in [0.2, 0.25) is 5.02 Å². The van der Waals surface area contributed by atoms with Gasteiger partial charge in [-0.1, -0.05) is 41.9 Å².